The predicted octanol–water partition coefficient (Wildman–Crippen LogP) is 2.36. The van der Waals surface area contributed by atoms with Crippen molar-refractivity contribution in [3.63, 3.8) is 0 Å². The first kappa shape index (κ1) is 10.9. The zero-order valence-corrected chi connectivity index (χ0v) is 9.04. The number of nitriles is 1. The topological polar surface area (TPSA) is 44.1 Å². The summed E-state index contributed by atoms with van der Waals surface area (Å²) in [6.45, 7) is 0.345. The number of nitrogens with zero attached hydrogens (tertiary/aromatic N) is 2. The largest absolute Gasteiger partial charge is 0.311 e. The SMILES string of the molecule is N#C[C@@H]1CC(=O)N(c2ccc(F)c(Cl)c2)C1. The minimum Gasteiger partial charge on any atom is -0.311 e. The summed E-state index contributed by atoms with van der Waals surface area (Å²) in [7, 11) is 0. The molecular formula is C11H8ClFN2O. The van der Waals surface area contributed by atoms with Gasteiger partial charge in [-0.15, -0.1) is 0 Å². The Morgan fingerprint density at radius 3 is 2.88 bits per heavy atom. The fraction of sp³-hybridized carbons (Fsp3) is 0.273. The number of hydrogen-bond donors (Lipinski definition) is 0. The third-order valence-corrected chi connectivity index (χ3v) is 2.81. The van der Waals surface area contributed by atoms with Crippen LogP contribution >= 0.6 is 11.6 Å². The van der Waals surface area contributed by atoms with Gasteiger partial charge in [-0.05, 0) is 18.2 Å². The van der Waals surface area contributed by atoms with E-state index >= 15 is 0 Å². The molecule has 1 fully saturated rings. The minimum absolute atomic E-state index is 0.0225. The maximum Gasteiger partial charge on any atom is 0.228 e. The van der Waals surface area contributed by atoms with Gasteiger partial charge in [0.15, 0.2) is 0 Å². The van der Waals surface area contributed by atoms with Crippen molar-refractivity contribution in [2.75, 3.05) is 11.4 Å². The van der Waals surface area contributed by atoms with Gasteiger partial charge in [-0.2, -0.15) is 5.26 Å². The summed E-state index contributed by atoms with van der Waals surface area (Å²) in [6, 6.07) is 6.15. The smallest absolute Gasteiger partial charge is 0.228 e. The summed E-state index contributed by atoms with van der Waals surface area (Å²) in [4.78, 5) is 13.0. The van der Waals surface area contributed by atoms with Crippen LogP contribution in [-0.4, -0.2) is 12.5 Å². The number of carbonyl (C=O) groups excluding carboxylic acids is 1. The molecule has 3 nitrogen and oxygen atoms in total. The second kappa shape index (κ2) is 4.11. The van der Waals surface area contributed by atoms with Crippen LogP contribution in [0.3, 0.4) is 0 Å². The van der Waals surface area contributed by atoms with Crippen molar-refractivity contribution in [1.82, 2.24) is 0 Å². The third kappa shape index (κ3) is 1.86. The van der Waals surface area contributed by atoms with Crippen LogP contribution in [0.1, 0.15) is 6.42 Å². The highest BCUT2D eigenvalue weighted by Gasteiger charge is 2.30. The van der Waals surface area contributed by atoms with Crippen molar-refractivity contribution in [3.05, 3.63) is 29.0 Å². The van der Waals surface area contributed by atoms with Crippen molar-refractivity contribution < 1.29 is 9.18 Å². The van der Waals surface area contributed by atoms with E-state index in [-0.39, 0.29) is 23.3 Å². The van der Waals surface area contributed by atoms with E-state index in [1.54, 1.807) is 0 Å². The van der Waals surface area contributed by atoms with Crippen molar-refractivity contribution >= 4 is 23.2 Å². The molecule has 1 amide bonds. The molecule has 5 heteroatoms. The lowest BCUT2D eigenvalue weighted by atomic mass is 10.1. The molecule has 0 unspecified atom stereocenters. The number of hydrogen-bond acceptors (Lipinski definition) is 2. The average molecular weight is 239 g/mol. The molecule has 0 radical (unpaired) electrons. The second-order valence-electron chi connectivity index (χ2n) is 3.63. The van der Waals surface area contributed by atoms with Crippen LogP contribution in [0.2, 0.25) is 5.02 Å². The maximum absolute atomic E-state index is 12.9. The van der Waals surface area contributed by atoms with Crippen LogP contribution in [0.4, 0.5) is 10.1 Å². The summed E-state index contributed by atoms with van der Waals surface area (Å²) in [5.41, 5.74) is 0.536. The first-order valence-electron chi connectivity index (χ1n) is 4.77. The molecule has 0 aromatic heterocycles. The molecule has 0 N–H and O–H groups in total. The van der Waals surface area contributed by atoms with Crippen LogP contribution in [0.5, 0.6) is 0 Å². The molecule has 2 rings (SSSR count). The molecule has 82 valence electrons. The molecule has 0 aliphatic carbocycles. The van der Waals surface area contributed by atoms with E-state index in [0.717, 1.165) is 0 Å². The number of carbonyl (C=O) groups is 1. The summed E-state index contributed by atoms with van der Waals surface area (Å²) < 4.78 is 12.9. The molecule has 1 aliphatic rings. The lowest BCUT2D eigenvalue weighted by Gasteiger charge is -2.15. The van der Waals surface area contributed by atoms with Crippen LogP contribution in [-0.2, 0) is 4.79 Å². The quantitative estimate of drug-likeness (QED) is 0.754. The maximum atomic E-state index is 12.9. The Morgan fingerprint density at radius 2 is 2.31 bits per heavy atom. The standard InChI is InChI=1S/C11H8ClFN2O/c12-9-4-8(1-2-10(9)13)15-6-7(5-14)3-11(15)16/h1-2,4,7H,3,6H2/t7-/m0/s1. The molecule has 1 heterocycles. The Hall–Kier alpha value is -1.60. The van der Waals surface area contributed by atoms with Gasteiger partial charge in [0.05, 0.1) is 17.0 Å². The molecular weight excluding hydrogens is 231 g/mol. The third-order valence-electron chi connectivity index (χ3n) is 2.52. The van der Waals surface area contributed by atoms with Gasteiger partial charge in [0.1, 0.15) is 5.82 Å². The fourth-order valence-electron chi connectivity index (χ4n) is 1.70. The summed E-state index contributed by atoms with van der Waals surface area (Å²) in [6.07, 6.45) is 0.214. The van der Waals surface area contributed by atoms with E-state index in [1.165, 1.54) is 23.1 Å². The van der Waals surface area contributed by atoms with Crippen molar-refractivity contribution in [2.45, 2.75) is 6.42 Å². The van der Waals surface area contributed by atoms with Gasteiger partial charge in [-0.3, -0.25) is 4.79 Å². The number of halogens is 2. The van der Waals surface area contributed by atoms with Crippen molar-refractivity contribution in [1.29, 1.82) is 5.26 Å². The highest BCUT2D eigenvalue weighted by atomic mass is 35.5. The van der Waals surface area contributed by atoms with Crippen molar-refractivity contribution in [3.8, 4) is 6.07 Å². The molecule has 0 bridgehead atoms. The van der Waals surface area contributed by atoms with E-state index in [0.29, 0.717) is 12.2 Å². The van der Waals surface area contributed by atoms with Crippen molar-refractivity contribution in [2.24, 2.45) is 5.92 Å². The fourth-order valence-corrected chi connectivity index (χ4v) is 1.87. The Kier molecular flexibility index (Phi) is 2.80. The van der Waals surface area contributed by atoms with Gasteiger partial charge >= 0.3 is 0 Å². The Labute approximate surface area is 97.0 Å². The van der Waals surface area contributed by atoms with Gasteiger partial charge in [-0.25, -0.2) is 4.39 Å². The van der Waals surface area contributed by atoms with Gasteiger partial charge in [-0.1, -0.05) is 11.6 Å². The van der Waals surface area contributed by atoms with E-state index in [1.807, 2.05) is 0 Å². The lowest BCUT2D eigenvalue weighted by Crippen LogP contribution is -2.24. The van der Waals surface area contributed by atoms with Gasteiger partial charge in [0.25, 0.3) is 0 Å². The molecule has 1 aromatic rings. The zero-order valence-electron chi connectivity index (χ0n) is 8.28. The second-order valence-corrected chi connectivity index (χ2v) is 4.04. The van der Waals surface area contributed by atoms with E-state index in [4.69, 9.17) is 16.9 Å². The molecule has 1 aromatic carbocycles. The molecule has 1 atom stereocenters. The zero-order chi connectivity index (χ0) is 11.7. The molecule has 0 saturated carbocycles. The summed E-state index contributed by atoms with van der Waals surface area (Å²) in [5, 5.41) is 8.71. The van der Waals surface area contributed by atoms with Gasteiger partial charge in [0, 0.05) is 18.7 Å². The first-order chi connectivity index (χ1) is 7.61. The molecule has 16 heavy (non-hydrogen) atoms. The van der Waals surface area contributed by atoms with Gasteiger partial charge < -0.3 is 4.90 Å². The first-order valence-corrected chi connectivity index (χ1v) is 5.14. The van der Waals surface area contributed by atoms with Crippen LogP contribution in [0, 0.1) is 23.1 Å². The number of amides is 1. The summed E-state index contributed by atoms with van der Waals surface area (Å²) in [5.74, 6) is -0.945. The Bertz CT molecular complexity index is 483. The number of benzene rings is 1. The number of anilines is 1. The summed E-state index contributed by atoms with van der Waals surface area (Å²) >= 11 is 5.63. The normalized spacial score (nSPS) is 19.9. The Balaban J connectivity index is 2.29. The number of rotatable bonds is 1. The highest BCUT2D eigenvalue weighted by molar-refractivity contribution is 6.31. The molecule has 1 saturated heterocycles. The van der Waals surface area contributed by atoms with Crippen LogP contribution in [0.25, 0.3) is 0 Å². The highest BCUT2D eigenvalue weighted by Crippen LogP contribution is 2.28. The van der Waals surface area contributed by atoms with E-state index in [2.05, 4.69) is 6.07 Å². The predicted molar refractivity (Wildman–Crippen MR) is 57.5 cm³/mol. The van der Waals surface area contributed by atoms with E-state index in [9.17, 15) is 9.18 Å². The molecule has 0 spiro atoms. The van der Waals surface area contributed by atoms with Crippen LogP contribution < -0.4 is 4.90 Å². The minimum atomic E-state index is -0.520. The van der Waals surface area contributed by atoms with Gasteiger partial charge in [0.2, 0.25) is 5.91 Å². The average Bonchev–Trinajstić information content (AvgIpc) is 2.64. The Morgan fingerprint density at radius 1 is 1.56 bits per heavy atom. The molecule has 1 aliphatic heterocycles. The van der Waals surface area contributed by atoms with Crippen LogP contribution in [0.15, 0.2) is 18.2 Å². The monoisotopic (exact) mass is 238 g/mol. The van der Waals surface area contributed by atoms with E-state index < -0.39 is 5.82 Å². The lowest BCUT2D eigenvalue weighted by molar-refractivity contribution is -0.117.